The fraction of sp³-hybridized carbons (Fsp3) is 0.141. The van der Waals surface area contributed by atoms with Gasteiger partial charge in [-0.2, -0.15) is 4.98 Å². The molecule has 0 atom stereocenters. The molecule has 3 aromatic carbocycles. The Hall–Kier alpha value is -9.08. The van der Waals surface area contributed by atoms with Gasteiger partial charge in [-0.3, -0.25) is 24.9 Å². The summed E-state index contributed by atoms with van der Waals surface area (Å²) in [4.78, 5) is 45.4. The summed E-state index contributed by atoms with van der Waals surface area (Å²) >= 11 is 17.3. The molecule has 8 heterocycles. The maximum atomic E-state index is 13.6. The van der Waals surface area contributed by atoms with E-state index in [1.807, 2.05) is 24.3 Å². The van der Waals surface area contributed by atoms with E-state index in [1.165, 1.54) is 68.6 Å². The fourth-order valence-electron chi connectivity index (χ4n) is 9.85. The third-order valence-electron chi connectivity index (χ3n) is 13.8. The molecular formula is C64H54BCl3F2N14O2. The lowest BCUT2D eigenvalue weighted by atomic mass is 9.82. The maximum Gasteiger partial charge on any atom is 0.490 e. The molecule has 0 radical (unpaired) electrons. The van der Waals surface area contributed by atoms with E-state index in [4.69, 9.17) is 50.6 Å². The Kier molecular flexibility index (Phi) is 20.4. The van der Waals surface area contributed by atoms with E-state index in [1.54, 1.807) is 36.9 Å². The highest BCUT2D eigenvalue weighted by atomic mass is 35.5. The van der Waals surface area contributed by atoms with Gasteiger partial charge in [-0.1, -0.05) is 103 Å². The van der Waals surface area contributed by atoms with E-state index >= 15 is 0 Å². The molecule has 0 bridgehead atoms. The third-order valence-corrected chi connectivity index (χ3v) is 14.4. The molecule has 0 fully saturated rings. The molecule has 0 saturated carbocycles. The number of halogens is 5. The second-order valence-electron chi connectivity index (χ2n) is 19.5. The van der Waals surface area contributed by atoms with Crippen molar-refractivity contribution >= 4 is 109 Å². The van der Waals surface area contributed by atoms with Gasteiger partial charge in [-0.05, 0) is 167 Å². The van der Waals surface area contributed by atoms with Gasteiger partial charge in [-0.25, -0.2) is 33.7 Å². The van der Waals surface area contributed by atoms with Crippen LogP contribution in [-0.4, -0.2) is 91.6 Å². The van der Waals surface area contributed by atoms with Gasteiger partial charge in [0, 0.05) is 55.1 Å². The molecule has 0 spiro atoms. The molecular weight excluding hydrogens is 1150 g/mol. The molecule has 0 amide bonds. The molecule has 3 aliphatic rings. The minimum atomic E-state index is -1.65. The Morgan fingerprint density at radius 1 is 0.488 bits per heavy atom. The second-order valence-corrected chi connectivity index (χ2v) is 20.5. The Morgan fingerprint density at radius 3 is 1.44 bits per heavy atom. The van der Waals surface area contributed by atoms with Gasteiger partial charge in [0.05, 0.1) is 28.9 Å². The van der Waals surface area contributed by atoms with Crippen molar-refractivity contribution in [2.45, 2.75) is 38.5 Å². The van der Waals surface area contributed by atoms with Gasteiger partial charge >= 0.3 is 7.12 Å². The summed E-state index contributed by atoms with van der Waals surface area (Å²) in [6, 6.07) is 39.0. The first-order valence-corrected chi connectivity index (χ1v) is 28.5. The lowest BCUT2D eigenvalue weighted by Gasteiger charge is -2.11. The predicted molar refractivity (Wildman–Crippen MR) is 338 cm³/mol. The lowest BCUT2D eigenvalue weighted by molar-refractivity contribution is 0.425. The van der Waals surface area contributed by atoms with E-state index in [9.17, 15) is 8.78 Å². The highest BCUT2D eigenvalue weighted by Crippen LogP contribution is 2.33. The molecule has 6 N–H and O–H groups in total. The van der Waals surface area contributed by atoms with Crippen molar-refractivity contribution in [3.8, 4) is 11.4 Å². The van der Waals surface area contributed by atoms with Crippen molar-refractivity contribution in [2.75, 3.05) is 30.3 Å². The van der Waals surface area contributed by atoms with Crippen LogP contribution in [0, 0.1) is 11.6 Å². The molecule has 8 aromatic heterocycles. The van der Waals surface area contributed by atoms with Crippen LogP contribution in [-0.2, 0) is 19.3 Å². The van der Waals surface area contributed by atoms with Crippen LogP contribution in [0.3, 0.4) is 0 Å². The summed E-state index contributed by atoms with van der Waals surface area (Å²) in [5, 5.41) is 24.4. The molecule has 0 unspecified atom stereocenters. The fourth-order valence-corrected chi connectivity index (χ4v) is 10.5. The van der Waals surface area contributed by atoms with E-state index < -0.39 is 18.8 Å². The largest absolute Gasteiger partial charge is 0.490 e. The third kappa shape index (κ3) is 15.4. The lowest BCUT2D eigenvalue weighted by Crippen LogP contribution is -2.30. The van der Waals surface area contributed by atoms with Crippen molar-refractivity contribution in [3.05, 3.63) is 244 Å². The van der Waals surface area contributed by atoms with Crippen LogP contribution in [0.15, 0.2) is 183 Å². The molecule has 14 rings (SSSR count). The average Bonchev–Trinajstić information content (AvgIpc) is 4.27. The van der Waals surface area contributed by atoms with Crippen LogP contribution in [0.5, 0.6) is 0 Å². The quantitative estimate of drug-likeness (QED) is 0.0435. The number of allylic oxidation sites excluding steroid dienone is 3. The monoisotopic (exact) mass is 1200 g/mol. The summed E-state index contributed by atoms with van der Waals surface area (Å²) in [5.74, 6) is 0.754. The standard InChI is InChI=1S/C23H18FN5.C18H15ClN4.C11H13N.C7H3Cl2N3.C5H5BFNO2/c24-18-12-17(13-25-14-18)22-28-20-6-3-10-26-21(20)23(29-22)27-11-9-16-8-7-15-4-1-2-5-19(15)16;19-18-22-15-6-3-10-20-16(15)17(23-18)21-11-9-13-8-7-12-4-1-2-5-14(12)13;12-8-7-10-6-5-9-3-1-2-4-11(9)10;8-6-5-4(2-1-3-10-5)11-7(9)12-6;7-5-1-4(6(9)10)2-8-3-5/h1-6,8,10,12-14H,7,9,11H2,(H,27,28,29);1-6,8,10H,7,9,11H2,(H,21,22,23);1-4,6H,5,7-8,12H2;1-3H;1-3,9-10H. The van der Waals surface area contributed by atoms with Gasteiger partial charge in [-0.15, -0.1) is 0 Å². The van der Waals surface area contributed by atoms with E-state index in [2.05, 4.69) is 156 Å². The van der Waals surface area contributed by atoms with E-state index in [0.717, 1.165) is 74.9 Å². The first-order valence-electron chi connectivity index (χ1n) is 27.4. The number of hydrogen-bond donors (Lipinski definition) is 5. The number of nitrogens with one attached hydrogen (secondary N) is 2. The highest BCUT2D eigenvalue weighted by Gasteiger charge is 2.18. The first kappa shape index (κ1) is 60.1. The topological polar surface area (TPSA) is 232 Å². The van der Waals surface area contributed by atoms with E-state index in [0.29, 0.717) is 51.6 Å². The van der Waals surface area contributed by atoms with E-state index in [-0.39, 0.29) is 21.2 Å². The van der Waals surface area contributed by atoms with Crippen molar-refractivity contribution in [3.63, 3.8) is 0 Å². The van der Waals surface area contributed by atoms with Gasteiger partial charge in [0.25, 0.3) is 0 Å². The zero-order chi connectivity index (χ0) is 59.8. The molecule has 11 aromatic rings. The van der Waals surface area contributed by atoms with Crippen LogP contribution in [0.1, 0.15) is 52.6 Å². The number of hydrogen-bond acceptors (Lipinski definition) is 16. The molecule has 16 nitrogen and oxygen atoms in total. The molecule has 430 valence electrons. The van der Waals surface area contributed by atoms with Crippen molar-refractivity contribution < 1.29 is 18.8 Å². The Labute approximate surface area is 509 Å². The minimum Gasteiger partial charge on any atom is -0.423 e. The molecule has 22 heteroatoms. The summed E-state index contributed by atoms with van der Waals surface area (Å²) in [6.45, 7) is 2.24. The number of fused-ring (bicyclic) bond motifs is 6. The zero-order valence-corrected chi connectivity index (χ0v) is 48.3. The van der Waals surface area contributed by atoms with Gasteiger partial charge in [0.15, 0.2) is 22.6 Å². The van der Waals surface area contributed by atoms with Crippen molar-refractivity contribution in [2.24, 2.45) is 5.73 Å². The zero-order valence-electron chi connectivity index (χ0n) is 46.0. The Balaban J connectivity index is 0.000000127. The van der Waals surface area contributed by atoms with Gasteiger partial charge in [0.2, 0.25) is 10.6 Å². The second kappa shape index (κ2) is 29.1. The summed E-state index contributed by atoms with van der Waals surface area (Å²) in [7, 11) is -1.65. The SMILES string of the molecule is Clc1nc(Cl)c2ncccc2n1.Clc1nc(NCCC2=CCc3ccccc32)c2ncccc2n1.Fc1cncc(-c2nc(NCCC3=CCc4ccccc43)c3ncccc3n2)c1.NCCC1=CCc2ccccc21.OB(O)c1cncc(F)c1. The van der Waals surface area contributed by atoms with Crippen LogP contribution < -0.4 is 21.8 Å². The van der Waals surface area contributed by atoms with Crippen LogP contribution in [0.25, 0.3) is 61.2 Å². The Bertz CT molecular complexity index is 4290. The van der Waals surface area contributed by atoms with Gasteiger partial charge in [0.1, 0.15) is 28.2 Å². The van der Waals surface area contributed by atoms with Gasteiger partial charge < -0.3 is 26.4 Å². The van der Waals surface area contributed by atoms with Crippen LogP contribution >= 0.6 is 34.8 Å². The number of nitrogens with zero attached hydrogens (tertiary/aromatic N) is 11. The van der Waals surface area contributed by atoms with Crippen molar-refractivity contribution in [1.82, 2.24) is 54.8 Å². The Morgan fingerprint density at radius 2 is 0.942 bits per heavy atom. The predicted octanol–water partition coefficient (Wildman–Crippen LogP) is 12.0. The minimum absolute atomic E-state index is 0.0556. The maximum absolute atomic E-state index is 13.6. The number of pyridine rings is 5. The molecule has 0 saturated heterocycles. The average molecular weight is 1210 g/mol. The molecule has 3 aliphatic carbocycles. The summed E-state index contributed by atoms with van der Waals surface area (Å²) < 4.78 is 25.9. The summed E-state index contributed by atoms with van der Waals surface area (Å²) in [6.07, 6.45) is 22.8. The number of anilines is 2. The highest BCUT2D eigenvalue weighted by molar-refractivity contribution is 6.58. The first-order chi connectivity index (χ1) is 42.0. The number of aromatic nitrogens is 11. The molecule has 86 heavy (non-hydrogen) atoms. The van der Waals surface area contributed by atoms with Crippen LogP contribution in [0.4, 0.5) is 20.4 Å². The van der Waals surface area contributed by atoms with Crippen molar-refractivity contribution in [1.29, 1.82) is 0 Å². The van der Waals surface area contributed by atoms with Crippen LogP contribution in [0.2, 0.25) is 15.7 Å². The smallest absolute Gasteiger partial charge is 0.423 e. The molecule has 0 aliphatic heterocycles. The number of rotatable bonds is 12. The normalized spacial score (nSPS) is 12.3. The summed E-state index contributed by atoms with van der Waals surface area (Å²) in [5.41, 5.74) is 22.7. The number of nitrogens with two attached hydrogens (primary N) is 1. The number of benzene rings is 3.